The number of hydrogen-bond acceptors (Lipinski definition) is 5. The lowest BCUT2D eigenvalue weighted by molar-refractivity contribution is 0.0985. The van der Waals surface area contributed by atoms with Crippen molar-refractivity contribution in [2.75, 3.05) is 38.2 Å². The van der Waals surface area contributed by atoms with Crippen molar-refractivity contribution in [3.63, 3.8) is 0 Å². The summed E-state index contributed by atoms with van der Waals surface area (Å²) in [6.07, 6.45) is 0.890. The van der Waals surface area contributed by atoms with Gasteiger partial charge in [0.05, 0.1) is 12.8 Å². The number of carbonyl (C=O) groups excluding carboxylic acids is 1. The van der Waals surface area contributed by atoms with E-state index in [9.17, 15) is 4.79 Å². The molecular weight excluding hydrogens is 510 g/mol. The Morgan fingerprint density at radius 3 is 2.28 bits per heavy atom. The van der Waals surface area contributed by atoms with Gasteiger partial charge in [-0.05, 0) is 74.6 Å². The molecule has 1 amide bonds. The largest absolute Gasteiger partial charge is 0.497 e. The van der Waals surface area contributed by atoms with Crippen LogP contribution < -0.4 is 9.64 Å². The lowest BCUT2D eigenvalue weighted by Crippen LogP contribution is -2.34. The molecule has 0 aliphatic heterocycles. The molecule has 172 valence electrons. The lowest BCUT2D eigenvalue weighted by Gasteiger charge is -2.23. The van der Waals surface area contributed by atoms with Crippen LogP contribution in [0.1, 0.15) is 30.6 Å². The number of anilines is 1. The summed E-state index contributed by atoms with van der Waals surface area (Å²) in [6.45, 7) is 7.92. The van der Waals surface area contributed by atoms with Gasteiger partial charge in [0.1, 0.15) is 5.75 Å². The molecule has 3 aromatic rings. The van der Waals surface area contributed by atoms with E-state index in [-0.39, 0.29) is 18.3 Å². The number of aromatic nitrogens is 1. The SMILES string of the molecule is CCN(CC)CCCN(C(=O)c1ccc(Br)cc1)c1nc(-c2ccc(OC)cc2)cs1.Cl. The maximum Gasteiger partial charge on any atom is 0.260 e. The molecule has 0 bridgehead atoms. The molecule has 0 spiro atoms. The highest BCUT2D eigenvalue weighted by Gasteiger charge is 2.21. The van der Waals surface area contributed by atoms with Crippen molar-refractivity contribution in [3.05, 3.63) is 63.9 Å². The van der Waals surface area contributed by atoms with Crippen LogP contribution in [-0.2, 0) is 0 Å². The van der Waals surface area contributed by atoms with Crippen molar-refractivity contribution in [3.8, 4) is 17.0 Å². The summed E-state index contributed by atoms with van der Waals surface area (Å²) in [5.74, 6) is 0.783. The normalized spacial score (nSPS) is 10.7. The van der Waals surface area contributed by atoms with Crippen LogP contribution in [0.5, 0.6) is 5.75 Å². The molecule has 0 atom stereocenters. The first-order valence-electron chi connectivity index (χ1n) is 10.5. The number of amides is 1. The quantitative estimate of drug-likeness (QED) is 0.300. The van der Waals surface area contributed by atoms with Crippen LogP contribution in [0.3, 0.4) is 0 Å². The van der Waals surface area contributed by atoms with Gasteiger partial charge in [-0.3, -0.25) is 9.69 Å². The molecule has 0 aliphatic carbocycles. The van der Waals surface area contributed by atoms with E-state index >= 15 is 0 Å². The zero-order valence-corrected chi connectivity index (χ0v) is 21.8. The molecule has 2 aromatic carbocycles. The minimum Gasteiger partial charge on any atom is -0.497 e. The second-order valence-electron chi connectivity index (χ2n) is 7.09. The Balaban J connectivity index is 0.00000363. The molecule has 0 saturated carbocycles. The highest BCUT2D eigenvalue weighted by Crippen LogP contribution is 2.30. The van der Waals surface area contributed by atoms with Crippen molar-refractivity contribution >= 4 is 50.7 Å². The highest BCUT2D eigenvalue weighted by molar-refractivity contribution is 9.10. The Morgan fingerprint density at radius 2 is 1.69 bits per heavy atom. The maximum atomic E-state index is 13.3. The molecular formula is C24H29BrClN3O2S. The molecule has 1 aromatic heterocycles. The van der Waals surface area contributed by atoms with Crippen molar-refractivity contribution in [2.24, 2.45) is 0 Å². The molecule has 0 N–H and O–H groups in total. The Bertz CT molecular complexity index is 976. The van der Waals surface area contributed by atoms with Crippen LogP contribution in [0.15, 0.2) is 58.4 Å². The van der Waals surface area contributed by atoms with E-state index in [4.69, 9.17) is 9.72 Å². The molecule has 0 aliphatic rings. The third kappa shape index (κ3) is 6.78. The molecule has 0 unspecified atom stereocenters. The van der Waals surface area contributed by atoms with Gasteiger partial charge in [-0.25, -0.2) is 4.98 Å². The molecule has 0 fully saturated rings. The Hall–Kier alpha value is -1.93. The van der Waals surface area contributed by atoms with Gasteiger partial charge in [-0.15, -0.1) is 23.7 Å². The molecule has 8 heteroatoms. The molecule has 0 saturated heterocycles. The van der Waals surface area contributed by atoms with Gasteiger partial charge >= 0.3 is 0 Å². The van der Waals surface area contributed by atoms with Gasteiger partial charge in [0.15, 0.2) is 5.13 Å². The lowest BCUT2D eigenvalue weighted by atomic mass is 10.2. The number of rotatable bonds is 10. The summed E-state index contributed by atoms with van der Waals surface area (Å²) < 4.78 is 6.19. The summed E-state index contributed by atoms with van der Waals surface area (Å²) >= 11 is 4.94. The van der Waals surface area contributed by atoms with Crippen molar-refractivity contribution in [1.29, 1.82) is 0 Å². The molecule has 0 radical (unpaired) electrons. The average Bonchev–Trinajstić information content (AvgIpc) is 3.29. The van der Waals surface area contributed by atoms with Crippen LogP contribution in [0.4, 0.5) is 5.13 Å². The fraction of sp³-hybridized carbons (Fsp3) is 0.333. The van der Waals surface area contributed by atoms with Gasteiger partial charge in [0, 0.05) is 27.5 Å². The van der Waals surface area contributed by atoms with Gasteiger partial charge in [0.25, 0.3) is 5.91 Å². The standard InChI is InChI=1S/C24H28BrN3O2S.ClH/c1-4-27(5-2)15-6-16-28(23(29)19-7-11-20(25)12-8-19)24-26-22(17-31-24)18-9-13-21(30-3)14-10-18;/h7-14,17H,4-6,15-16H2,1-3H3;1H. The van der Waals surface area contributed by atoms with Crippen LogP contribution in [0.2, 0.25) is 0 Å². The van der Waals surface area contributed by atoms with E-state index in [0.717, 1.165) is 52.7 Å². The number of hydrogen-bond donors (Lipinski definition) is 0. The summed E-state index contributed by atoms with van der Waals surface area (Å²) in [4.78, 5) is 22.3. The van der Waals surface area contributed by atoms with E-state index in [1.54, 1.807) is 7.11 Å². The summed E-state index contributed by atoms with van der Waals surface area (Å²) in [6, 6.07) is 15.3. The summed E-state index contributed by atoms with van der Waals surface area (Å²) in [5.41, 5.74) is 2.52. The van der Waals surface area contributed by atoms with Crippen molar-refractivity contribution in [2.45, 2.75) is 20.3 Å². The summed E-state index contributed by atoms with van der Waals surface area (Å²) in [7, 11) is 1.65. The smallest absolute Gasteiger partial charge is 0.260 e. The third-order valence-corrected chi connectivity index (χ3v) is 6.59. The van der Waals surface area contributed by atoms with E-state index in [2.05, 4.69) is 34.7 Å². The van der Waals surface area contributed by atoms with E-state index < -0.39 is 0 Å². The molecule has 5 nitrogen and oxygen atoms in total. The second kappa shape index (κ2) is 12.9. The number of thiazole rings is 1. The topological polar surface area (TPSA) is 45.7 Å². The van der Waals surface area contributed by atoms with Gasteiger partial charge in [0.2, 0.25) is 0 Å². The van der Waals surface area contributed by atoms with Crippen molar-refractivity contribution < 1.29 is 9.53 Å². The number of nitrogens with zero attached hydrogens (tertiary/aromatic N) is 3. The molecule has 3 rings (SSSR count). The van der Waals surface area contributed by atoms with Gasteiger partial charge in [-0.1, -0.05) is 29.8 Å². The minimum absolute atomic E-state index is 0. The van der Waals surface area contributed by atoms with E-state index in [0.29, 0.717) is 12.1 Å². The Labute approximate surface area is 209 Å². The predicted molar refractivity (Wildman–Crippen MR) is 140 cm³/mol. The first kappa shape index (κ1) is 26.3. The fourth-order valence-electron chi connectivity index (χ4n) is 3.31. The number of carbonyl (C=O) groups is 1. The van der Waals surface area contributed by atoms with E-state index in [1.807, 2.05) is 58.8 Å². The number of halogens is 2. The van der Waals surface area contributed by atoms with E-state index in [1.165, 1.54) is 11.3 Å². The zero-order valence-electron chi connectivity index (χ0n) is 18.6. The molecule has 1 heterocycles. The highest BCUT2D eigenvalue weighted by atomic mass is 79.9. The van der Waals surface area contributed by atoms with Crippen LogP contribution >= 0.6 is 39.7 Å². The third-order valence-electron chi connectivity index (χ3n) is 5.20. The van der Waals surface area contributed by atoms with Crippen molar-refractivity contribution in [1.82, 2.24) is 9.88 Å². The first-order chi connectivity index (χ1) is 15.0. The van der Waals surface area contributed by atoms with Gasteiger partial charge < -0.3 is 9.64 Å². The fourth-order valence-corrected chi connectivity index (χ4v) is 4.43. The zero-order chi connectivity index (χ0) is 22.2. The average molecular weight is 539 g/mol. The Kier molecular flexibility index (Phi) is 10.6. The van der Waals surface area contributed by atoms with Crippen LogP contribution in [0.25, 0.3) is 11.3 Å². The Morgan fingerprint density at radius 1 is 1.03 bits per heavy atom. The monoisotopic (exact) mass is 537 g/mol. The summed E-state index contributed by atoms with van der Waals surface area (Å²) in [5, 5.41) is 2.72. The molecule has 32 heavy (non-hydrogen) atoms. The number of methoxy groups -OCH3 is 1. The van der Waals surface area contributed by atoms with Crippen LogP contribution in [0, 0.1) is 0 Å². The van der Waals surface area contributed by atoms with Crippen LogP contribution in [-0.4, -0.2) is 49.1 Å². The second-order valence-corrected chi connectivity index (χ2v) is 8.84. The van der Waals surface area contributed by atoms with Gasteiger partial charge in [-0.2, -0.15) is 0 Å². The minimum atomic E-state index is -0.0253. The first-order valence-corrected chi connectivity index (χ1v) is 12.1. The number of benzene rings is 2. The number of ether oxygens (including phenoxy) is 1. The predicted octanol–water partition coefficient (Wildman–Crippen LogP) is 6.38. The maximum absolute atomic E-state index is 13.3.